The van der Waals surface area contributed by atoms with E-state index in [2.05, 4.69) is 5.32 Å². The van der Waals surface area contributed by atoms with Crippen LogP contribution in [0.4, 0.5) is 13.6 Å². The third-order valence-electron chi connectivity index (χ3n) is 7.17. The maximum absolute atomic E-state index is 14.7. The molecule has 9 nitrogen and oxygen atoms in total. The highest BCUT2D eigenvalue weighted by Gasteiger charge is 2.53. The summed E-state index contributed by atoms with van der Waals surface area (Å²) in [6, 6.07) is 11.5. The highest BCUT2D eigenvalue weighted by Crippen LogP contribution is 2.34. The van der Waals surface area contributed by atoms with E-state index in [0.29, 0.717) is 0 Å². The number of carbonyl (C=O) groups excluding carboxylic acids is 3. The Morgan fingerprint density at radius 3 is 2.48 bits per heavy atom. The van der Waals surface area contributed by atoms with Gasteiger partial charge in [0, 0.05) is 45.7 Å². The zero-order valence-corrected chi connectivity index (χ0v) is 23.7. The third kappa shape index (κ3) is 6.89. The van der Waals surface area contributed by atoms with Crippen LogP contribution in [0.5, 0.6) is 0 Å². The van der Waals surface area contributed by atoms with Crippen LogP contribution in [0.15, 0.2) is 48.5 Å². The summed E-state index contributed by atoms with van der Waals surface area (Å²) in [7, 11) is 1.65. The fourth-order valence-electron chi connectivity index (χ4n) is 5.15. The Balaban J connectivity index is 0.00000441. The number of halogens is 3. The van der Waals surface area contributed by atoms with Gasteiger partial charge in [0.05, 0.1) is 24.3 Å². The van der Waals surface area contributed by atoms with Crippen LogP contribution in [0.1, 0.15) is 25.0 Å². The first-order valence-corrected chi connectivity index (χ1v) is 12.9. The van der Waals surface area contributed by atoms with Gasteiger partial charge in [-0.2, -0.15) is 0 Å². The fraction of sp³-hybridized carbons (Fsp3) is 0.464. The third-order valence-corrected chi connectivity index (χ3v) is 7.17. The molecule has 40 heavy (non-hydrogen) atoms. The molecule has 0 bridgehead atoms. The number of likely N-dealkylation sites (N-methyl/N-ethyl adjacent to an activating group) is 1. The monoisotopic (exact) mass is 579 g/mol. The molecule has 0 saturated carbocycles. The van der Waals surface area contributed by atoms with E-state index in [1.54, 1.807) is 30.7 Å². The number of amides is 4. The van der Waals surface area contributed by atoms with E-state index in [1.165, 1.54) is 17.0 Å². The van der Waals surface area contributed by atoms with Crippen molar-refractivity contribution in [1.29, 1.82) is 0 Å². The molecular weight excluding hydrogens is 544 g/mol. The van der Waals surface area contributed by atoms with Crippen LogP contribution in [0.3, 0.4) is 0 Å². The molecule has 0 aliphatic carbocycles. The maximum Gasteiger partial charge on any atom is 0.320 e. The van der Waals surface area contributed by atoms with Gasteiger partial charge in [-0.3, -0.25) is 9.59 Å². The Hall–Kier alpha value is -3.28. The maximum atomic E-state index is 14.7. The second-order valence-corrected chi connectivity index (χ2v) is 10.9. The first-order valence-electron chi connectivity index (χ1n) is 12.9. The molecule has 12 heteroatoms. The van der Waals surface area contributed by atoms with Crippen LogP contribution in [-0.4, -0.2) is 89.5 Å². The number of fused-ring (bicyclic) bond motifs is 1. The number of ether oxygens (including phenoxy) is 1. The molecule has 0 unspecified atom stereocenters. The van der Waals surface area contributed by atoms with Crippen LogP contribution in [0.25, 0.3) is 0 Å². The number of nitrogens with zero attached hydrogens (tertiary/aromatic N) is 3. The predicted molar refractivity (Wildman–Crippen MR) is 148 cm³/mol. The number of rotatable bonds is 9. The van der Waals surface area contributed by atoms with Gasteiger partial charge < -0.3 is 30.5 Å². The summed E-state index contributed by atoms with van der Waals surface area (Å²) in [4.78, 5) is 44.2. The average molecular weight is 580 g/mol. The molecule has 2 fully saturated rings. The molecule has 0 spiro atoms. The SMILES string of the molecule is CN1C[C@]2(Cc3ccc(F)cc3F)CN(C(=O)[C@@H](COCc3ccccc3)NC(=O)C(C)(C)N)CCN2C1=O.Cl. The Labute approximate surface area is 239 Å². The summed E-state index contributed by atoms with van der Waals surface area (Å²) in [6.45, 7) is 4.05. The molecule has 4 rings (SSSR count). The quantitative estimate of drug-likeness (QED) is 0.474. The van der Waals surface area contributed by atoms with E-state index < -0.39 is 34.7 Å². The zero-order chi connectivity index (χ0) is 28.4. The van der Waals surface area contributed by atoms with Crippen molar-refractivity contribution in [2.24, 2.45) is 5.73 Å². The van der Waals surface area contributed by atoms with Crippen molar-refractivity contribution >= 4 is 30.3 Å². The minimum Gasteiger partial charge on any atom is -0.374 e. The largest absolute Gasteiger partial charge is 0.374 e. The van der Waals surface area contributed by atoms with Gasteiger partial charge in [-0.1, -0.05) is 36.4 Å². The van der Waals surface area contributed by atoms with Crippen LogP contribution in [-0.2, 0) is 27.4 Å². The fourth-order valence-corrected chi connectivity index (χ4v) is 5.15. The lowest BCUT2D eigenvalue weighted by Crippen LogP contribution is -2.66. The Kier molecular flexibility index (Phi) is 9.76. The number of urea groups is 1. The highest BCUT2D eigenvalue weighted by atomic mass is 35.5. The molecule has 2 aromatic rings. The molecule has 0 aromatic heterocycles. The smallest absolute Gasteiger partial charge is 0.320 e. The lowest BCUT2D eigenvalue weighted by atomic mass is 9.87. The molecule has 2 aliphatic heterocycles. The van der Waals surface area contributed by atoms with Crippen molar-refractivity contribution in [3.8, 4) is 0 Å². The number of benzene rings is 2. The molecule has 2 heterocycles. The van der Waals surface area contributed by atoms with Crippen molar-refractivity contribution in [1.82, 2.24) is 20.0 Å². The van der Waals surface area contributed by atoms with Gasteiger partial charge in [0.1, 0.15) is 17.7 Å². The topological polar surface area (TPSA) is 108 Å². The summed E-state index contributed by atoms with van der Waals surface area (Å²) >= 11 is 0. The summed E-state index contributed by atoms with van der Waals surface area (Å²) in [5.41, 5.74) is 4.98. The number of carbonyl (C=O) groups is 3. The van der Waals surface area contributed by atoms with Gasteiger partial charge in [-0.15, -0.1) is 12.4 Å². The van der Waals surface area contributed by atoms with Gasteiger partial charge in [0.2, 0.25) is 11.8 Å². The molecule has 2 aromatic carbocycles. The molecule has 2 atom stereocenters. The highest BCUT2D eigenvalue weighted by molar-refractivity contribution is 5.92. The Morgan fingerprint density at radius 1 is 1.12 bits per heavy atom. The van der Waals surface area contributed by atoms with Crippen molar-refractivity contribution in [3.63, 3.8) is 0 Å². The van der Waals surface area contributed by atoms with Gasteiger partial charge in [-0.25, -0.2) is 13.6 Å². The summed E-state index contributed by atoms with van der Waals surface area (Å²) in [5.74, 6) is -2.30. The number of hydrogen-bond acceptors (Lipinski definition) is 5. The number of hydrogen-bond donors (Lipinski definition) is 2. The number of piperazine rings is 1. The second-order valence-electron chi connectivity index (χ2n) is 10.9. The van der Waals surface area contributed by atoms with Crippen molar-refractivity contribution in [3.05, 3.63) is 71.3 Å². The zero-order valence-electron chi connectivity index (χ0n) is 22.9. The Bertz CT molecular complexity index is 1230. The van der Waals surface area contributed by atoms with Crippen LogP contribution in [0.2, 0.25) is 0 Å². The summed E-state index contributed by atoms with van der Waals surface area (Å²) < 4.78 is 34.0. The molecule has 4 amide bonds. The van der Waals surface area contributed by atoms with Crippen LogP contribution in [0, 0.1) is 11.6 Å². The van der Waals surface area contributed by atoms with Crippen molar-refractivity contribution in [2.75, 3.05) is 39.8 Å². The van der Waals surface area contributed by atoms with E-state index in [9.17, 15) is 23.2 Å². The van der Waals surface area contributed by atoms with E-state index in [1.807, 2.05) is 30.3 Å². The van der Waals surface area contributed by atoms with Gasteiger partial charge in [0.25, 0.3) is 0 Å². The predicted octanol–water partition coefficient (Wildman–Crippen LogP) is 2.32. The molecule has 2 saturated heterocycles. The normalized spacial score (nSPS) is 19.6. The van der Waals surface area contributed by atoms with Gasteiger partial charge >= 0.3 is 6.03 Å². The first kappa shape index (κ1) is 31.3. The molecule has 0 radical (unpaired) electrons. The van der Waals surface area contributed by atoms with Crippen LogP contribution >= 0.6 is 12.4 Å². The van der Waals surface area contributed by atoms with Gasteiger partial charge in [-0.05, 0) is 31.0 Å². The average Bonchev–Trinajstić information content (AvgIpc) is 3.13. The Morgan fingerprint density at radius 2 is 1.82 bits per heavy atom. The number of nitrogens with one attached hydrogen (secondary N) is 1. The molecule has 2 aliphatic rings. The lowest BCUT2D eigenvalue weighted by molar-refractivity contribution is -0.142. The van der Waals surface area contributed by atoms with Gasteiger partial charge in [0.15, 0.2) is 0 Å². The van der Waals surface area contributed by atoms with Crippen LogP contribution < -0.4 is 11.1 Å². The summed E-state index contributed by atoms with van der Waals surface area (Å²) in [6.07, 6.45) is 0.0936. The second kappa shape index (κ2) is 12.5. The summed E-state index contributed by atoms with van der Waals surface area (Å²) in [5, 5.41) is 2.72. The minimum atomic E-state index is -1.22. The van der Waals surface area contributed by atoms with Crippen molar-refractivity contribution < 1.29 is 27.9 Å². The van der Waals surface area contributed by atoms with E-state index in [-0.39, 0.29) is 75.7 Å². The molecule has 218 valence electrons. The minimum absolute atomic E-state index is 0. The molecular formula is C28H36ClF2N5O4. The van der Waals surface area contributed by atoms with E-state index in [4.69, 9.17) is 10.5 Å². The lowest BCUT2D eigenvalue weighted by Gasteiger charge is -2.46. The number of nitrogens with two attached hydrogens (primary N) is 1. The molecule has 3 N–H and O–H groups in total. The van der Waals surface area contributed by atoms with E-state index in [0.717, 1.165) is 11.6 Å². The first-order chi connectivity index (χ1) is 18.4. The standard InChI is InChI=1S/C28H35F2N5O4.ClH/c1-27(2,31)25(37)32-23(16-39-15-19-7-5-4-6-8-19)24(36)34-11-12-35-26(38)33(3)17-28(35,18-34)14-20-9-10-21(29)13-22(20)30;/h4-10,13,23H,11-12,14-18,31H2,1-3H3,(H,32,37);1H/t23-,28-;/m1./s1. The van der Waals surface area contributed by atoms with E-state index >= 15 is 0 Å². The van der Waals surface area contributed by atoms with Crippen molar-refractivity contribution in [2.45, 2.75) is 44.0 Å².